The van der Waals surface area contributed by atoms with Gasteiger partial charge in [0.2, 0.25) is 15.9 Å². The molecule has 0 aromatic heterocycles. The average Bonchev–Trinajstić information content (AvgIpc) is 2.87. The third kappa shape index (κ3) is 3.47. The quantitative estimate of drug-likeness (QED) is 0.858. The number of rotatable bonds is 3. The van der Waals surface area contributed by atoms with Gasteiger partial charge in [0.05, 0.1) is 10.9 Å². The number of nitrogens with one attached hydrogen (secondary N) is 1. The van der Waals surface area contributed by atoms with Crippen molar-refractivity contribution < 1.29 is 13.2 Å². The van der Waals surface area contributed by atoms with Gasteiger partial charge in [0.15, 0.2) is 0 Å². The number of sulfonamides is 1. The molecule has 150 valence electrons. The van der Waals surface area contributed by atoms with Gasteiger partial charge in [-0.1, -0.05) is 30.3 Å². The first kappa shape index (κ1) is 20.6. The number of nitrogens with zero attached hydrogens (tertiary/aromatic N) is 1. The Morgan fingerprint density at radius 3 is 2.00 bits per heavy atom. The van der Waals surface area contributed by atoms with Gasteiger partial charge in [-0.3, -0.25) is 4.79 Å². The van der Waals surface area contributed by atoms with Gasteiger partial charge in [-0.05, 0) is 68.0 Å². The van der Waals surface area contributed by atoms with Crippen LogP contribution in [0.4, 0.5) is 0 Å². The van der Waals surface area contributed by atoms with Crippen LogP contribution in [-0.4, -0.2) is 31.7 Å². The van der Waals surface area contributed by atoms with Gasteiger partial charge < -0.3 is 5.32 Å². The Kier molecular flexibility index (Phi) is 5.64. The molecule has 1 amide bonds. The highest BCUT2D eigenvalue weighted by atomic mass is 32.2. The van der Waals surface area contributed by atoms with E-state index < -0.39 is 16.1 Å². The highest BCUT2D eigenvalue weighted by Gasteiger charge is 2.37. The van der Waals surface area contributed by atoms with E-state index in [-0.39, 0.29) is 18.9 Å². The van der Waals surface area contributed by atoms with Crippen molar-refractivity contribution in [3.63, 3.8) is 0 Å². The molecule has 5 nitrogen and oxygen atoms in total. The van der Waals surface area contributed by atoms with E-state index in [4.69, 9.17) is 0 Å². The normalized spacial score (nSPS) is 18.6. The van der Waals surface area contributed by atoms with Crippen molar-refractivity contribution in [1.82, 2.24) is 9.62 Å². The molecule has 1 atom stereocenters. The molecule has 0 spiro atoms. The molecule has 1 N–H and O–H groups in total. The summed E-state index contributed by atoms with van der Waals surface area (Å²) < 4.78 is 29.3. The SMILES string of the molecule is Cc1c(C)c(C)c(S(=O)(=O)N2CCNC(=O)C[C@@H]2c2ccccc2)c(C)c1C. The number of hydrogen-bond acceptors (Lipinski definition) is 3. The van der Waals surface area contributed by atoms with Crippen molar-refractivity contribution >= 4 is 15.9 Å². The first-order chi connectivity index (χ1) is 13.2. The zero-order valence-electron chi connectivity index (χ0n) is 17.2. The molecule has 1 saturated heterocycles. The summed E-state index contributed by atoms with van der Waals surface area (Å²) in [5, 5.41) is 2.81. The monoisotopic (exact) mass is 400 g/mol. The summed E-state index contributed by atoms with van der Waals surface area (Å²) in [6.45, 7) is 10.3. The smallest absolute Gasteiger partial charge is 0.244 e. The van der Waals surface area contributed by atoms with Gasteiger partial charge in [-0.15, -0.1) is 0 Å². The third-order valence-corrected chi connectivity index (χ3v) is 8.25. The summed E-state index contributed by atoms with van der Waals surface area (Å²) in [4.78, 5) is 12.6. The van der Waals surface area contributed by atoms with Crippen LogP contribution in [0.3, 0.4) is 0 Å². The molecule has 1 fully saturated rings. The number of benzene rings is 2. The van der Waals surface area contributed by atoms with Gasteiger partial charge in [-0.25, -0.2) is 8.42 Å². The predicted molar refractivity (Wildman–Crippen MR) is 111 cm³/mol. The molecule has 0 saturated carbocycles. The Balaban J connectivity index is 2.20. The lowest BCUT2D eigenvalue weighted by Gasteiger charge is -2.31. The second-order valence-corrected chi connectivity index (χ2v) is 9.38. The summed E-state index contributed by atoms with van der Waals surface area (Å²) in [6, 6.07) is 8.89. The summed E-state index contributed by atoms with van der Waals surface area (Å²) in [6.07, 6.45) is 0.116. The summed E-state index contributed by atoms with van der Waals surface area (Å²) in [5.41, 5.74) is 5.54. The van der Waals surface area contributed by atoms with E-state index >= 15 is 0 Å². The molecule has 1 aliphatic heterocycles. The predicted octanol–water partition coefficient (Wildman–Crippen LogP) is 3.48. The highest BCUT2D eigenvalue weighted by Crippen LogP contribution is 2.36. The minimum Gasteiger partial charge on any atom is -0.355 e. The van der Waals surface area contributed by atoms with Crippen molar-refractivity contribution in [2.24, 2.45) is 0 Å². The standard InChI is InChI=1S/C22H28N2O3S/c1-14-15(2)17(4)22(18(5)16(14)3)28(26,27)24-12-11-23-21(25)13-20(24)19-9-7-6-8-10-19/h6-10,20H,11-13H2,1-5H3,(H,23,25)/t20-/m1/s1. The van der Waals surface area contributed by atoms with Crippen molar-refractivity contribution in [2.45, 2.75) is 52.0 Å². The Labute approximate surface area is 167 Å². The van der Waals surface area contributed by atoms with Crippen LogP contribution in [0.1, 0.15) is 45.8 Å². The lowest BCUT2D eigenvalue weighted by Crippen LogP contribution is -2.37. The minimum absolute atomic E-state index is 0.116. The van der Waals surface area contributed by atoms with Gasteiger partial charge in [-0.2, -0.15) is 4.31 Å². The maximum Gasteiger partial charge on any atom is 0.244 e. The Morgan fingerprint density at radius 2 is 1.43 bits per heavy atom. The first-order valence-corrected chi connectivity index (χ1v) is 11.0. The number of carbonyl (C=O) groups is 1. The Morgan fingerprint density at radius 1 is 0.893 bits per heavy atom. The Bertz CT molecular complexity index is 985. The fourth-order valence-electron chi connectivity index (χ4n) is 4.03. The molecule has 2 aromatic rings. The van der Waals surface area contributed by atoms with Crippen LogP contribution in [0.25, 0.3) is 0 Å². The van der Waals surface area contributed by atoms with Crippen molar-refractivity contribution in [2.75, 3.05) is 13.1 Å². The van der Waals surface area contributed by atoms with E-state index in [0.29, 0.717) is 11.4 Å². The van der Waals surface area contributed by atoms with E-state index in [2.05, 4.69) is 5.32 Å². The van der Waals surface area contributed by atoms with Gasteiger partial charge in [0.25, 0.3) is 0 Å². The maximum absolute atomic E-state index is 13.9. The van der Waals surface area contributed by atoms with Crippen LogP contribution < -0.4 is 5.32 Å². The van der Waals surface area contributed by atoms with E-state index in [1.54, 1.807) is 0 Å². The first-order valence-electron chi connectivity index (χ1n) is 9.56. The zero-order valence-corrected chi connectivity index (χ0v) is 18.0. The number of carbonyl (C=O) groups excluding carboxylic acids is 1. The second-order valence-electron chi connectivity index (χ2n) is 7.55. The molecule has 6 heteroatoms. The highest BCUT2D eigenvalue weighted by molar-refractivity contribution is 7.89. The fraction of sp³-hybridized carbons (Fsp3) is 0.409. The molecule has 3 rings (SSSR count). The molecule has 0 unspecified atom stereocenters. The second kappa shape index (κ2) is 7.68. The summed E-state index contributed by atoms with van der Waals surface area (Å²) >= 11 is 0. The summed E-state index contributed by atoms with van der Waals surface area (Å²) in [7, 11) is -3.79. The Hall–Kier alpha value is -2.18. The minimum atomic E-state index is -3.79. The van der Waals surface area contributed by atoms with Crippen LogP contribution in [-0.2, 0) is 14.8 Å². The molecule has 2 aromatic carbocycles. The van der Waals surface area contributed by atoms with Crippen LogP contribution in [0.5, 0.6) is 0 Å². The fourth-order valence-corrected chi connectivity index (χ4v) is 6.21. The third-order valence-electron chi connectivity index (χ3n) is 6.06. The van der Waals surface area contributed by atoms with Crippen LogP contribution in [0.15, 0.2) is 35.2 Å². The molecule has 0 radical (unpaired) electrons. The van der Waals surface area contributed by atoms with Crippen LogP contribution in [0, 0.1) is 34.6 Å². The van der Waals surface area contributed by atoms with Crippen molar-refractivity contribution in [1.29, 1.82) is 0 Å². The average molecular weight is 401 g/mol. The molecule has 1 heterocycles. The lowest BCUT2D eigenvalue weighted by molar-refractivity contribution is -0.121. The largest absolute Gasteiger partial charge is 0.355 e. The molecule has 1 aliphatic rings. The zero-order chi connectivity index (χ0) is 20.6. The molecular formula is C22H28N2O3S. The van der Waals surface area contributed by atoms with Crippen LogP contribution >= 0.6 is 0 Å². The van der Waals surface area contributed by atoms with E-state index in [0.717, 1.165) is 33.4 Å². The number of amides is 1. The van der Waals surface area contributed by atoms with Gasteiger partial charge in [0, 0.05) is 19.5 Å². The van der Waals surface area contributed by atoms with Crippen molar-refractivity contribution in [3.8, 4) is 0 Å². The molecular weight excluding hydrogens is 372 g/mol. The van der Waals surface area contributed by atoms with Gasteiger partial charge in [0.1, 0.15) is 0 Å². The van der Waals surface area contributed by atoms with E-state index in [1.807, 2.05) is 65.0 Å². The maximum atomic E-state index is 13.9. The van der Waals surface area contributed by atoms with E-state index in [9.17, 15) is 13.2 Å². The summed E-state index contributed by atoms with van der Waals surface area (Å²) in [5.74, 6) is -0.128. The number of hydrogen-bond donors (Lipinski definition) is 1. The molecule has 0 aliphatic carbocycles. The topological polar surface area (TPSA) is 66.5 Å². The van der Waals surface area contributed by atoms with Crippen LogP contribution in [0.2, 0.25) is 0 Å². The van der Waals surface area contributed by atoms with Crippen molar-refractivity contribution in [3.05, 3.63) is 63.7 Å². The van der Waals surface area contributed by atoms with E-state index in [1.165, 1.54) is 4.31 Å². The van der Waals surface area contributed by atoms with Gasteiger partial charge >= 0.3 is 0 Å². The molecule has 0 bridgehead atoms. The lowest BCUT2D eigenvalue weighted by atomic mass is 9.95. The molecule has 28 heavy (non-hydrogen) atoms.